The average Bonchev–Trinajstić information content (AvgIpc) is 2.64. The Kier molecular flexibility index (Phi) is 2.99. The molecule has 0 atom stereocenters. The van der Waals surface area contributed by atoms with E-state index in [0.29, 0.717) is 11.6 Å². The maximum atomic E-state index is 8.66. The van der Waals surface area contributed by atoms with Gasteiger partial charge in [-0.25, -0.2) is 0 Å². The molecule has 1 aliphatic heterocycles. The Morgan fingerprint density at radius 1 is 1.67 bits per heavy atom. The van der Waals surface area contributed by atoms with E-state index in [1.54, 1.807) is 19.5 Å². The van der Waals surface area contributed by atoms with Crippen LogP contribution in [-0.2, 0) is 4.74 Å². The van der Waals surface area contributed by atoms with Crippen LogP contribution in [0.25, 0.3) is 0 Å². The molecule has 1 saturated heterocycles. The summed E-state index contributed by atoms with van der Waals surface area (Å²) in [6.45, 7) is 3.74. The van der Waals surface area contributed by atoms with Crippen LogP contribution in [0.2, 0.25) is 0 Å². The summed E-state index contributed by atoms with van der Waals surface area (Å²) in [5.74, 6) is 0. The quantitative estimate of drug-likeness (QED) is 0.709. The third-order valence-electron chi connectivity index (χ3n) is 2.65. The first-order chi connectivity index (χ1) is 7.33. The van der Waals surface area contributed by atoms with Gasteiger partial charge in [0, 0.05) is 32.9 Å². The van der Waals surface area contributed by atoms with Crippen LogP contribution in [0.4, 0.5) is 0 Å². The van der Waals surface area contributed by atoms with Crippen molar-refractivity contribution in [2.24, 2.45) is 0 Å². The highest BCUT2D eigenvalue weighted by Crippen LogP contribution is 2.19. The molecular weight excluding hydrogens is 192 g/mol. The number of nitrogens with zero attached hydrogens (tertiary/aromatic N) is 4. The zero-order chi connectivity index (χ0) is 10.7. The molecule has 1 fully saturated rings. The van der Waals surface area contributed by atoms with Crippen LogP contribution >= 0.6 is 0 Å². The highest BCUT2D eigenvalue weighted by molar-refractivity contribution is 5.22. The maximum absolute atomic E-state index is 8.66. The van der Waals surface area contributed by atoms with Gasteiger partial charge in [0.05, 0.1) is 24.4 Å². The van der Waals surface area contributed by atoms with Gasteiger partial charge < -0.3 is 4.74 Å². The van der Waals surface area contributed by atoms with Crippen molar-refractivity contribution in [2.75, 3.05) is 33.4 Å². The molecule has 0 aromatic carbocycles. The maximum Gasteiger partial charge on any atom is 0.102 e. The topological polar surface area (TPSA) is 54.1 Å². The summed E-state index contributed by atoms with van der Waals surface area (Å²) >= 11 is 0. The molecule has 5 nitrogen and oxygen atoms in total. The van der Waals surface area contributed by atoms with Gasteiger partial charge in [0.15, 0.2) is 0 Å². The molecule has 0 unspecified atom stereocenters. The lowest BCUT2D eigenvalue weighted by atomic mass is 10.1. The number of nitriles is 1. The Hall–Kier alpha value is -1.38. The lowest BCUT2D eigenvalue weighted by Crippen LogP contribution is -2.48. The fourth-order valence-corrected chi connectivity index (χ4v) is 1.71. The van der Waals surface area contributed by atoms with Crippen molar-refractivity contribution in [3.05, 3.63) is 18.0 Å². The highest BCUT2D eigenvalue weighted by Gasteiger charge is 2.28. The molecule has 15 heavy (non-hydrogen) atoms. The van der Waals surface area contributed by atoms with E-state index in [4.69, 9.17) is 10.00 Å². The van der Waals surface area contributed by atoms with E-state index in [0.717, 1.165) is 26.2 Å². The summed E-state index contributed by atoms with van der Waals surface area (Å²) in [4.78, 5) is 2.31. The van der Waals surface area contributed by atoms with E-state index < -0.39 is 0 Å². The minimum absolute atomic E-state index is 0.420. The molecular formula is C10H14N4O. The van der Waals surface area contributed by atoms with Crippen LogP contribution in [0.3, 0.4) is 0 Å². The minimum Gasteiger partial charge on any atom is -0.383 e. The van der Waals surface area contributed by atoms with E-state index >= 15 is 0 Å². The lowest BCUT2D eigenvalue weighted by molar-refractivity contribution is 0.0645. The molecule has 0 N–H and O–H groups in total. The van der Waals surface area contributed by atoms with Crippen molar-refractivity contribution < 1.29 is 4.74 Å². The van der Waals surface area contributed by atoms with E-state index in [-0.39, 0.29) is 0 Å². The highest BCUT2D eigenvalue weighted by atomic mass is 16.5. The molecule has 0 radical (unpaired) electrons. The number of aromatic nitrogens is 2. The average molecular weight is 206 g/mol. The predicted octanol–water partition coefficient (Wildman–Crippen LogP) is 0.258. The van der Waals surface area contributed by atoms with Gasteiger partial charge in [-0.2, -0.15) is 10.4 Å². The molecule has 0 spiro atoms. The Balaban J connectivity index is 1.81. The molecule has 0 saturated carbocycles. The van der Waals surface area contributed by atoms with Crippen molar-refractivity contribution in [3.8, 4) is 6.07 Å². The van der Waals surface area contributed by atoms with Crippen LogP contribution in [0.5, 0.6) is 0 Å². The number of ether oxygens (including phenoxy) is 1. The number of rotatable bonds is 4. The van der Waals surface area contributed by atoms with Gasteiger partial charge in [-0.15, -0.1) is 0 Å². The van der Waals surface area contributed by atoms with Crippen molar-refractivity contribution in [3.63, 3.8) is 0 Å². The van der Waals surface area contributed by atoms with Crippen LogP contribution < -0.4 is 0 Å². The lowest BCUT2D eigenvalue weighted by Gasteiger charge is -2.38. The second-order valence-corrected chi connectivity index (χ2v) is 3.73. The molecule has 1 aliphatic rings. The fraction of sp³-hybridized carbons (Fsp3) is 0.600. The zero-order valence-electron chi connectivity index (χ0n) is 8.76. The van der Waals surface area contributed by atoms with Crippen LogP contribution in [0.15, 0.2) is 12.4 Å². The Morgan fingerprint density at radius 3 is 3.07 bits per heavy atom. The first-order valence-electron chi connectivity index (χ1n) is 4.99. The van der Waals surface area contributed by atoms with Crippen LogP contribution in [0.1, 0.15) is 11.6 Å². The Labute approximate surface area is 88.9 Å². The standard InChI is InChI=1S/C10H14N4O/c1-15-3-2-13-7-10(8-13)14-6-9(4-11)5-12-14/h5-6,10H,2-3,7-8H2,1H3. The molecule has 0 bridgehead atoms. The smallest absolute Gasteiger partial charge is 0.102 e. The molecule has 2 heterocycles. The van der Waals surface area contributed by atoms with Gasteiger partial charge in [-0.05, 0) is 0 Å². The monoisotopic (exact) mass is 206 g/mol. The van der Waals surface area contributed by atoms with Crippen molar-refractivity contribution >= 4 is 0 Å². The van der Waals surface area contributed by atoms with Gasteiger partial charge in [0.1, 0.15) is 6.07 Å². The molecule has 1 aromatic heterocycles. The SMILES string of the molecule is COCCN1CC(n2cc(C#N)cn2)C1. The second kappa shape index (κ2) is 4.43. The normalized spacial score (nSPS) is 17.3. The summed E-state index contributed by atoms with van der Waals surface area (Å²) in [5, 5.41) is 12.8. The minimum atomic E-state index is 0.420. The first kappa shape index (κ1) is 10.1. The Bertz CT molecular complexity index is 362. The molecule has 5 heteroatoms. The largest absolute Gasteiger partial charge is 0.383 e. The molecule has 0 aliphatic carbocycles. The van der Waals surface area contributed by atoms with E-state index in [2.05, 4.69) is 16.1 Å². The van der Waals surface area contributed by atoms with Gasteiger partial charge in [-0.1, -0.05) is 0 Å². The van der Waals surface area contributed by atoms with Crippen molar-refractivity contribution in [1.29, 1.82) is 5.26 Å². The van der Waals surface area contributed by atoms with Crippen LogP contribution in [-0.4, -0.2) is 48.0 Å². The third kappa shape index (κ3) is 2.17. The molecule has 1 aromatic rings. The summed E-state index contributed by atoms with van der Waals surface area (Å²) in [5.41, 5.74) is 0.630. The van der Waals surface area contributed by atoms with E-state index in [1.807, 2.05) is 4.68 Å². The van der Waals surface area contributed by atoms with E-state index in [1.165, 1.54) is 0 Å². The third-order valence-corrected chi connectivity index (χ3v) is 2.65. The Morgan fingerprint density at radius 2 is 2.47 bits per heavy atom. The van der Waals surface area contributed by atoms with Gasteiger partial charge in [0.2, 0.25) is 0 Å². The molecule has 80 valence electrons. The molecule has 0 amide bonds. The fourth-order valence-electron chi connectivity index (χ4n) is 1.71. The number of methoxy groups -OCH3 is 1. The van der Waals surface area contributed by atoms with Crippen LogP contribution in [0, 0.1) is 11.3 Å². The second-order valence-electron chi connectivity index (χ2n) is 3.73. The number of hydrogen-bond donors (Lipinski definition) is 0. The summed E-state index contributed by atoms with van der Waals surface area (Å²) in [6, 6.07) is 2.50. The van der Waals surface area contributed by atoms with Crippen molar-refractivity contribution in [1.82, 2.24) is 14.7 Å². The number of likely N-dealkylation sites (tertiary alicyclic amines) is 1. The molecule has 2 rings (SSSR count). The van der Waals surface area contributed by atoms with Crippen molar-refractivity contribution in [2.45, 2.75) is 6.04 Å². The summed E-state index contributed by atoms with van der Waals surface area (Å²) < 4.78 is 6.88. The van der Waals surface area contributed by atoms with Gasteiger partial charge >= 0.3 is 0 Å². The van der Waals surface area contributed by atoms with Gasteiger partial charge in [-0.3, -0.25) is 9.58 Å². The first-order valence-corrected chi connectivity index (χ1v) is 4.99. The van der Waals surface area contributed by atoms with Gasteiger partial charge in [0.25, 0.3) is 0 Å². The number of hydrogen-bond acceptors (Lipinski definition) is 4. The summed E-state index contributed by atoms with van der Waals surface area (Å²) in [7, 11) is 1.71. The van der Waals surface area contributed by atoms with E-state index in [9.17, 15) is 0 Å². The zero-order valence-corrected chi connectivity index (χ0v) is 8.76. The summed E-state index contributed by atoms with van der Waals surface area (Å²) in [6.07, 6.45) is 3.41. The predicted molar refractivity (Wildman–Crippen MR) is 54.3 cm³/mol.